The maximum atomic E-state index is 11.1. The summed E-state index contributed by atoms with van der Waals surface area (Å²) in [5, 5.41) is 9.09. The number of nitrogens with zero attached hydrogens (tertiary/aromatic N) is 4. The molecule has 0 amide bonds. The summed E-state index contributed by atoms with van der Waals surface area (Å²) in [6, 6.07) is 2.16. The highest BCUT2D eigenvalue weighted by Gasteiger charge is 2.24. The van der Waals surface area contributed by atoms with Gasteiger partial charge in [-0.2, -0.15) is 0 Å². The lowest BCUT2D eigenvalue weighted by Crippen LogP contribution is -2.28. The number of rotatable bonds is 5. The number of hydrogen-bond acceptors (Lipinski definition) is 5. The lowest BCUT2D eigenvalue weighted by Gasteiger charge is -2.20. The van der Waals surface area contributed by atoms with Crippen molar-refractivity contribution in [2.24, 2.45) is 5.92 Å². The molecule has 0 aromatic carbocycles. The number of aromatic nitrogens is 3. The SMILES string of the molecule is CC(C)N1CCC(Cc2cncc(-c3cncc(C(=O)O)c3)n2)C1. The normalized spacial score (nSPS) is 18.2. The highest BCUT2D eigenvalue weighted by Crippen LogP contribution is 2.23. The van der Waals surface area contributed by atoms with Crippen molar-refractivity contribution in [2.75, 3.05) is 13.1 Å². The largest absolute Gasteiger partial charge is 0.478 e. The molecule has 2 aromatic heterocycles. The molecule has 1 unspecified atom stereocenters. The van der Waals surface area contributed by atoms with Crippen molar-refractivity contribution in [3.63, 3.8) is 0 Å². The molecule has 0 spiro atoms. The molecule has 3 rings (SSSR count). The van der Waals surface area contributed by atoms with Crippen LogP contribution in [-0.4, -0.2) is 50.1 Å². The Hall–Kier alpha value is -2.34. The van der Waals surface area contributed by atoms with E-state index in [2.05, 4.69) is 33.7 Å². The molecule has 126 valence electrons. The van der Waals surface area contributed by atoms with Crippen LogP contribution in [0, 0.1) is 5.92 Å². The second-order valence-electron chi connectivity index (χ2n) is 6.61. The molecule has 1 atom stereocenters. The fourth-order valence-corrected chi connectivity index (χ4v) is 3.13. The summed E-state index contributed by atoms with van der Waals surface area (Å²) in [7, 11) is 0. The molecule has 3 heterocycles. The number of carbonyl (C=O) groups is 1. The van der Waals surface area contributed by atoms with Gasteiger partial charge in [0.1, 0.15) is 0 Å². The van der Waals surface area contributed by atoms with E-state index < -0.39 is 5.97 Å². The van der Waals surface area contributed by atoms with Crippen LogP contribution >= 0.6 is 0 Å². The zero-order valence-corrected chi connectivity index (χ0v) is 14.0. The molecule has 6 heteroatoms. The van der Waals surface area contributed by atoms with Gasteiger partial charge in [-0.05, 0) is 45.2 Å². The monoisotopic (exact) mass is 326 g/mol. The van der Waals surface area contributed by atoms with Gasteiger partial charge in [0, 0.05) is 36.7 Å². The van der Waals surface area contributed by atoms with Crippen molar-refractivity contribution >= 4 is 5.97 Å². The van der Waals surface area contributed by atoms with Crippen molar-refractivity contribution in [1.82, 2.24) is 19.9 Å². The average Bonchev–Trinajstić information content (AvgIpc) is 3.04. The Kier molecular flexibility index (Phi) is 4.85. The molecule has 0 bridgehead atoms. The Bertz CT molecular complexity index is 732. The zero-order chi connectivity index (χ0) is 17.1. The third-order valence-corrected chi connectivity index (χ3v) is 4.51. The van der Waals surface area contributed by atoms with Gasteiger partial charge in [-0.25, -0.2) is 9.78 Å². The van der Waals surface area contributed by atoms with E-state index in [0.29, 0.717) is 23.2 Å². The van der Waals surface area contributed by atoms with Crippen LogP contribution in [0.1, 0.15) is 36.3 Å². The number of carboxylic acid groups (broad SMARTS) is 1. The molecule has 0 radical (unpaired) electrons. The number of carboxylic acids is 1. The first-order valence-electron chi connectivity index (χ1n) is 8.26. The average molecular weight is 326 g/mol. The number of hydrogen-bond donors (Lipinski definition) is 1. The minimum Gasteiger partial charge on any atom is -0.478 e. The summed E-state index contributed by atoms with van der Waals surface area (Å²) in [6.45, 7) is 6.69. The first-order valence-corrected chi connectivity index (χ1v) is 8.26. The van der Waals surface area contributed by atoms with Crippen LogP contribution < -0.4 is 0 Å². The van der Waals surface area contributed by atoms with Crippen molar-refractivity contribution in [1.29, 1.82) is 0 Å². The van der Waals surface area contributed by atoms with E-state index in [1.165, 1.54) is 12.6 Å². The molecule has 1 aliphatic rings. The molecule has 1 aliphatic heterocycles. The molecule has 2 aromatic rings. The number of pyridine rings is 1. The van der Waals surface area contributed by atoms with Crippen LogP contribution in [0.25, 0.3) is 11.3 Å². The first-order chi connectivity index (χ1) is 11.5. The van der Waals surface area contributed by atoms with Crippen LogP contribution in [0.15, 0.2) is 30.9 Å². The highest BCUT2D eigenvalue weighted by molar-refractivity contribution is 5.88. The first kappa shape index (κ1) is 16.5. The number of aromatic carboxylic acids is 1. The Morgan fingerprint density at radius 2 is 2.08 bits per heavy atom. The fourth-order valence-electron chi connectivity index (χ4n) is 3.13. The smallest absolute Gasteiger partial charge is 0.337 e. The highest BCUT2D eigenvalue weighted by atomic mass is 16.4. The summed E-state index contributed by atoms with van der Waals surface area (Å²) in [5.74, 6) is -0.395. The predicted molar refractivity (Wildman–Crippen MR) is 90.7 cm³/mol. The van der Waals surface area contributed by atoms with Gasteiger partial charge in [-0.15, -0.1) is 0 Å². The van der Waals surface area contributed by atoms with Crippen LogP contribution in [-0.2, 0) is 6.42 Å². The van der Waals surface area contributed by atoms with Gasteiger partial charge >= 0.3 is 5.97 Å². The second-order valence-corrected chi connectivity index (χ2v) is 6.61. The third-order valence-electron chi connectivity index (χ3n) is 4.51. The van der Waals surface area contributed by atoms with Crippen LogP contribution in [0.3, 0.4) is 0 Å². The minimum absolute atomic E-state index is 0.156. The van der Waals surface area contributed by atoms with Gasteiger partial charge in [0.05, 0.1) is 23.1 Å². The second kappa shape index (κ2) is 7.05. The van der Waals surface area contributed by atoms with E-state index in [9.17, 15) is 4.79 Å². The molecule has 1 N–H and O–H groups in total. The van der Waals surface area contributed by atoms with E-state index in [1.807, 2.05) is 0 Å². The van der Waals surface area contributed by atoms with Gasteiger partial charge in [0.25, 0.3) is 0 Å². The van der Waals surface area contributed by atoms with Crippen LogP contribution in [0.4, 0.5) is 0 Å². The molecule has 0 saturated carbocycles. The molecular formula is C18H22N4O2. The van der Waals surface area contributed by atoms with Crippen molar-refractivity contribution < 1.29 is 9.90 Å². The Balaban J connectivity index is 1.75. The lowest BCUT2D eigenvalue weighted by molar-refractivity contribution is 0.0696. The Morgan fingerprint density at radius 3 is 2.79 bits per heavy atom. The maximum Gasteiger partial charge on any atom is 0.337 e. The molecule has 0 aliphatic carbocycles. The molecular weight excluding hydrogens is 304 g/mol. The Labute approximate surface area is 141 Å². The molecule has 1 saturated heterocycles. The van der Waals surface area contributed by atoms with E-state index in [-0.39, 0.29) is 5.56 Å². The van der Waals surface area contributed by atoms with Gasteiger partial charge in [0.15, 0.2) is 0 Å². The molecule has 1 fully saturated rings. The summed E-state index contributed by atoms with van der Waals surface area (Å²) < 4.78 is 0. The minimum atomic E-state index is -0.992. The van der Waals surface area contributed by atoms with E-state index in [4.69, 9.17) is 5.11 Å². The molecule has 6 nitrogen and oxygen atoms in total. The van der Waals surface area contributed by atoms with Gasteiger partial charge in [0.2, 0.25) is 0 Å². The summed E-state index contributed by atoms with van der Waals surface area (Å²) in [5.41, 5.74) is 2.45. The van der Waals surface area contributed by atoms with Gasteiger partial charge in [-0.1, -0.05) is 0 Å². The van der Waals surface area contributed by atoms with E-state index in [1.54, 1.807) is 24.7 Å². The van der Waals surface area contributed by atoms with Crippen molar-refractivity contribution in [3.05, 3.63) is 42.1 Å². The Morgan fingerprint density at radius 1 is 1.29 bits per heavy atom. The van der Waals surface area contributed by atoms with E-state index >= 15 is 0 Å². The van der Waals surface area contributed by atoms with Crippen molar-refractivity contribution in [2.45, 2.75) is 32.7 Å². The number of likely N-dealkylation sites (tertiary alicyclic amines) is 1. The van der Waals surface area contributed by atoms with Gasteiger partial charge < -0.3 is 10.0 Å². The van der Waals surface area contributed by atoms with Crippen LogP contribution in [0.2, 0.25) is 0 Å². The summed E-state index contributed by atoms with van der Waals surface area (Å²) >= 11 is 0. The summed E-state index contributed by atoms with van der Waals surface area (Å²) in [4.78, 5) is 26.5. The van der Waals surface area contributed by atoms with Gasteiger partial charge in [-0.3, -0.25) is 9.97 Å². The van der Waals surface area contributed by atoms with Crippen molar-refractivity contribution in [3.8, 4) is 11.3 Å². The zero-order valence-electron chi connectivity index (χ0n) is 14.0. The fraction of sp³-hybridized carbons (Fsp3) is 0.444. The standard InChI is InChI=1S/C18H22N4O2/c1-12(2)22-4-3-13(11-22)5-16-9-20-10-17(21-16)14-6-15(18(23)24)8-19-7-14/h6-10,12-13H,3-5,11H2,1-2H3,(H,23,24). The predicted octanol–water partition coefficient (Wildman–Crippen LogP) is 2.51. The summed E-state index contributed by atoms with van der Waals surface area (Å²) in [6.07, 6.45) is 8.49. The quantitative estimate of drug-likeness (QED) is 0.909. The topological polar surface area (TPSA) is 79.2 Å². The lowest BCUT2D eigenvalue weighted by atomic mass is 10.0. The van der Waals surface area contributed by atoms with E-state index in [0.717, 1.165) is 25.2 Å². The maximum absolute atomic E-state index is 11.1. The molecule has 24 heavy (non-hydrogen) atoms. The third kappa shape index (κ3) is 3.76. The van der Waals surface area contributed by atoms with Crippen LogP contribution in [0.5, 0.6) is 0 Å².